The third-order valence-corrected chi connectivity index (χ3v) is 5.82. The summed E-state index contributed by atoms with van der Waals surface area (Å²) in [5, 5.41) is 2.55. The van der Waals surface area contributed by atoms with E-state index in [-0.39, 0.29) is 29.9 Å². The lowest BCUT2D eigenvalue weighted by Gasteiger charge is -2.18. The number of ether oxygens (including phenoxy) is 3. The molecule has 0 saturated heterocycles. The van der Waals surface area contributed by atoms with Crippen LogP contribution in [0.25, 0.3) is 0 Å². The van der Waals surface area contributed by atoms with Crippen molar-refractivity contribution in [2.24, 2.45) is 0 Å². The van der Waals surface area contributed by atoms with Gasteiger partial charge in [0.25, 0.3) is 0 Å². The number of carbonyl (C=O) groups excluding carboxylic acids is 2. The number of fused-ring (bicyclic) bond motifs is 1. The summed E-state index contributed by atoms with van der Waals surface area (Å²) in [7, 11) is 0. The maximum atomic E-state index is 12.4. The van der Waals surface area contributed by atoms with Crippen LogP contribution in [0.3, 0.4) is 0 Å². The standard InChI is InChI=1S/C22H19ClN2O5S/c1-3-14-4-6-17(7-5-14)25(13(2)26)22-24-16(11-31-22)10-28-21(27)15-8-18(23)20-19(9-15)29-12-30-20/h4-9,11H,3,10,12H2,1-2H3. The molecule has 9 heteroatoms. The van der Waals surface area contributed by atoms with Gasteiger partial charge in [-0.25, -0.2) is 9.78 Å². The van der Waals surface area contributed by atoms with E-state index in [9.17, 15) is 9.59 Å². The number of esters is 1. The SMILES string of the molecule is CCc1ccc(N(C(C)=O)c2nc(COC(=O)c3cc(Cl)c4c(c3)OCO4)cs2)cc1. The Labute approximate surface area is 188 Å². The van der Waals surface area contributed by atoms with Crippen molar-refractivity contribution in [2.45, 2.75) is 26.9 Å². The number of halogens is 1. The van der Waals surface area contributed by atoms with E-state index < -0.39 is 5.97 Å². The Balaban J connectivity index is 1.46. The Morgan fingerprint density at radius 2 is 2.00 bits per heavy atom. The van der Waals surface area contributed by atoms with E-state index in [1.54, 1.807) is 5.38 Å². The number of rotatable bonds is 6. The lowest BCUT2D eigenvalue weighted by Crippen LogP contribution is -2.22. The zero-order chi connectivity index (χ0) is 22.0. The first-order valence-corrected chi connectivity index (χ1v) is 10.8. The van der Waals surface area contributed by atoms with Gasteiger partial charge in [-0.3, -0.25) is 9.69 Å². The van der Waals surface area contributed by atoms with Crippen LogP contribution >= 0.6 is 22.9 Å². The Hall–Kier alpha value is -3.10. The molecule has 0 saturated carbocycles. The van der Waals surface area contributed by atoms with E-state index in [1.165, 1.54) is 40.9 Å². The molecule has 1 aliphatic rings. The molecule has 7 nitrogen and oxygen atoms in total. The van der Waals surface area contributed by atoms with Crippen LogP contribution in [0.1, 0.15) is 35.5 Å². The molecule has 160 valence electrons. The van der Waals surface area contributed by atoms with Crippen LogP contribution in [0.2, 0.25) is 5.02 Å². The van der Waals surface area contributed by atoms with Gasteiger partial charge in [-0.15, -0.1) is 11.3 Å². The van der Waals surface area contributed by atoms with Crippen molar-refractivity contribution >= 4 is 45.6 Å². The minimum atomic E-state index is -0.562. The number of hydrogen-bond acceptors (Lipinski definition) is 7. The van der Waals surface area contributed by atoms with Crippen molar-refractivity contribution in [3.8, 4) is 11.5 Å². The second-order valence-corrected chi connectivity index (χ2v) is 8.01. The van der Waals surface area contributed by atoms with Gasteiger partial charge in [0.1, 0.15) is 6.61 Å². The number of aromatic nitrogens is 1. The fraction of sp³-hybridized carbons (Fsp3) is 0.227. The van der Waals surface area contributed by atoms with Crippen LogP contribution in [-0.4, -0.2) is 23.7 Å². The fourth-order valence-electron chi connectivity index (χ4n) is 3.08. The molecule has 31 heavy (non-hydrogen) atoms. The monoisotopic (exact) mass is 458 g/mol. The number of hydrogen-bond donors (Lipinski definition) is 0. The highest BCUT2D eigenvalue weighted by atomic mass is 35.5. The third kappa shape index (κ3) is 4.50. The molecular weight excluding hydrogens is 440 g/mol. The lowest BCUT2D eigenvalue weighted by atomic mass is 10.1. The van der Waals surface area contributed by atoms with Gasteiger partial charge in [-0.2, -0.15) is 0 Å². The molecule has 0 bridgehead atoms. The summed E-state index contributed by atoms with van der Waals surface area (Å²) >= 11 is 7.42. The van der Waals surface area contributed by atoms with Gasteiger partial charge in [0, 0.05) is 12.3 Å². The Morgan fingerprint density at radius 1 is 1.23 bits per heavy atom. The summed E-state index contributed by atoms with van der Waals surface area (Å²) in [4.78, 5) is 30.7. The molecule has 0 spiro atoms. The second-order valence-electron chi connectivity index (χ2n) is 6.76. The zero-order valence-corrected chi connectivity index (χ0v) is 18.5. The number of thiazole rings is 1. The van der Waals surface area contributed by atoms with Crippen LogP contribution in [0.5, 0.6) is 11.5 Å². The second kappa shape index (κ2) is 8.95. The number of nitrogens with zero attached hydrogens (tertiary/aromatic N) is 2. The Kier molecular flexibility index (Phi) is 6.11. The van der Waals surface area contributed by atoms with Crippen molar-refractivity contribution < 1.29 is 23.8 Å². The maximum Gasteiger partial charge on any atom is 0.338 e. The first-order valence-electron chi connectivity index (χ1n) is 9.56. The molecule has 2 heterocycles. The summed E-state index contributed by atoms with van der Waals surface area (Å²) in [6, 6.07) is 10.8. The van der Waals surface area contributed by atoms with E-state index in [0.29, 0.717) is 22.3 Å². The number of benzene rings is 2. The largest absolute Gasteiger partial charge is 0.456 e. The van der Waals surface area contributed by atoms with Crippen molar-refractivity contribution in [1.29, 1.82) is 0 Å². The highest BCUT2D eigenvalue weighted by Gasteiger charge is 2.22. The van der Waals surface area contributed by atoms with Gasteiger partial charge in [-0.1, -0.05) is 30.7 Å². The lowest BCUT2D eigenvalue weighted by molar-refractivity contribution is -0.115. The molecular formula is C22H19ClN2O5S. The van der Waals surface area contributed by atoms with Crippen molar-refractivity contribution in [3.05, 3.63) is 63.6 Å². The van der Waals surface area contributed by atoms with E-state index >= 15 is 0 Å². The summed E-state index contributed by atoms with van der Waals surface area (Å²) in [6.45, 7) is 3.58. The molecule has 0 aliphatic carbocycles. The van der Waals surface area contributed by atoms with E-state index in [1.807, 2.05) is 24.3 Å². The average molecular weight is 459 g/mol. The molecule has 0 N–H and O–H groups in total. The maximum absolute atomic E-state index is 12.4. The number of anilines is 2. The summed E-state index contributed by atoms with van der Waals surface area (Å²) in [5.74, 6) is 0.103. The third-order valence-electron chi connectivity index (χ3n) is 4.66. The zero-order valence-electron chi connectivity index (χ0n) is 16.9. The minimum absolute atomic E-state index is 0.0398. The fourth-order valence-corrected chi connectivity index (χ4v) is 4.22. The van der Waals surface area contributed by atoms with Gasteiger partial charge in [-0.05, 0) is 36.2 Å². The topological polar surface area (TPSA) is 78.0 Å². The van der Waals surface area contributed by atoms with Gasteiger partial charge in [0.05, 0.1) is 22.0 Å². The molecule has 2 aromatic carbocycles. The first-order chi connectivity index (χ1) is 15.0. The molecule has 0 atom stereocenters. The summed E-state index contributed by atoms with van der Waals surface area (Å²) in [6.07, 6.45) is 0.918. The molecule has 1 aromatic heterocycles. The van der Waals surface area contributed by atoms with Gasteiger partial charge >= 0.3 is 5.97 Å². The van der Waals surface area contributed by atoms with E-state index in [4.69, 9.17) is 25.8 Å². The molecule has 0 fully saturated rings. The average Bonchev–Trinajstić information content (AvgIpc) is 3.42. The number of aryl methyl sites for hydroxylation is 1. The van der Waals surface area contributed by atoms with Crippen LogP contribution in [-0.2, 0) is 22.6 Å². The van der Waals surface area contributed by atoms with Crippen LogP contribution in [0.4, 0.5) is 10.8 Å². The Morgan fingerprint density at radius 3 is 2.71 bits per heavy atom. The molecule has 1 amide bonds. The van der Waals surface area contributed by atoms with Gasteiger partial charge in [0.2, 0.25) is 12.7 Å². The quantitative estimate of drug-likeness (QED) is 0.476. The molecule has 0 unspecified atom stereocenters. The van der Waals surface area contributed by atoms with Crippen LogP contribution in [0.15, 0.2) is 41.8 Å². The summed E-state index contributed by atoms with van der Waals surface area (Å²) in [5.41, 5.74) is 2.71. The highest BCUT2D eigenvalue weighted by Crippen LogP contribution is 2.40. The number of carbonyl (C=O) groups is 2. The van der Waals surface area contributed by atoms with E-state index in [0.717, 1.165) is 12.1 Å². The highest BCUT2D eigenvalue weighted by molar-refractivity contribution is 7.14. The van der Waals surface area contributed by atoms with E-state index in [2.05, 4.69) is 11.9 Å². The summed E-state index contributed by atoms with van der Waals surface area (Å²) < 4.78 is 15.9. The van der Waals surface area contributed by atoms with Crippen molar-refractivity contribution in [2.75, 3.05) is 11.7 Å². The Bertz CT molecular complexity index is 1130. The predicted molar refractivity (Wildman–Crippen MR) is 117 cm³/mol. The van der Waals surface area contributed by atoms with Crippen LogP contribution in [0, 0.1) is 0 Å². The van der Waals surface area contributed by atoms with Crippen molar-refractivity contribution in [1.82, 2.24) is 4.98 Å². The predicted octanol–water partition coefficient (Wildman–Crippen LogP) is 5.13. The van der Waals surface area contributed by atoms with Crippen LogP contribution < -0.4 is 14.4 Å². The smallest absolute Gasteiger partial charge is 0.338 e. The normalized spacial score (nSPS) is 12.0. The van der Waals surface area contributed by atoms with Gasteiger partial charge in [0.15, 0.2) is 16.6 Å². The van der Waals surface area contributed by atoms with Gasteiger partial charge < -0.3 is 14.2 Å². The molecule has 3 aromatic rings. The van der Waals surface area contributed by atoms with Crippen molar-refractivity contribution in [3.63, 3.8) is 0 Å². The molecule has 1 aliphatic heterocycles. The molecule has 0 radical (unpaired) electrons. The first kappa shape index (κ1) is 21.1. The number of amides is 1. The molecule has 4 rings (SSSR count). The minimum Gasteiger partial charge on any atom is -0.456 e.